The van der Waals surface area contributed by atoms with E-state index >= 15 is 0 Å². The first-order valence-electron chi connectivity index (χ1n) is 9.46. The molecule has 4 nitrogen and oxygen atoms in total. The highest BCUT2D eigenvalue weighted by atomic mass is 32.1. The van der Waals surface area contributed by atoms with Gasteiger partial charge >= 0.3 is 0 Å². The number of nitrogens with zero attached hydrogens (tertiary/aromatic N) is 2. The molecule has 4 aromatic rings. The molecule has 5 heteroatoms. The molecular formula is C23H23N3OS. The van der Waals surface area contributed by atoms with E-state index in [0.717, 1.165) is 39.5 Å². The second-order valence-electron chi connectivity index (χ2n) is 6.82. The molecule has 0 radical (unpaired) electrons. The van der Waals surface area contributed by atoms with Gasteiger partial charge in [0.05, 0.1) is 17.7 Å². The van der Waals surface area contributed by atoms with Crippen LogP contribution in [0, 0.1) is 13.8 Å². The van der Waals surface area contributed by atoms with Gasteiger partial charge in [-0.3, -0.25) is 0 Å². The fraction of sp³-hybridized carbons (Fsp3) is 0.217. The number of aromatic nitrogens is 2. The molecule has 0 fully saturated rings. The minimum absolute atomic E-state index is 0.685. The van der Waals surface area contributed by atoms with Crippen LogP contribution in [0.1, 0.15) is 24.5 Å². The molecule has 0 saturated heterocycles. The van der Waals surface area contributed by atoms with E-state index in [1.807, 2.05) is 24.3 Å². The summed E-state index contributed by atoms with van der Waals surface area (Å²) in [4.78, 5) is 10.00. The molecule has 0 aliphatic rings. The lowest BCUT2D eigenvalue weighted by atomic mass is 10.0. The van der Waals surface area contributed by atoms with Crippen LogP contribution in [0.15, 0.2) is 54.2 Å². The number of para-hydroxylation sites is 2. The van der Waals surface area contributed by atoms with Gasteiger partial charge in [0, 0.05) is 10.9 Å². The summed E-state index contributed by atoms with van der Waals surface area (Å²) in [6.45, 7) is 7.06. The molecule has 0 aliphatic heterocycles. The zero-order valence-corrected chi connectivity index (χ0v) is 17.1. The molecule has 142 valence electrons. The first kappa shape index (κ1) is 18.4. The van der Waals surface area contributed by atoms with Crippen molar-refractivity contribution in [2.24, 2.45) is 0 Å². The van der Waals surface area contributed by atoms with E-state index in [0.29, 0.717) is 6.61 Å². The second kappa shape index (κ2) is 7.98. The molecule has 28 heavy (non-hydrogen) atoms. The Kier molecular flexibility index (Phi) is 5.26. The van der Waals surface area contributed by atoms with Gasteiger partial charge < -0.3 is 10.1 Å². The second-order valence-corrected chi connectivity index (χ2v) is 7.68. The highest BCUT2D eigenvalue weighted by Gasteiger charge is 2.15. The van der Waals surface area contributed by atoms with Crippen molar-refractivity contribution in [1.82, 2.24) is 9.97 Å². The molecule has 0 atom stereocenters. The summed E-state index contributed by atoms with van der Waals surface area (Å²) in [6, 6.07) is 14.5. The first-order chi connectivity index (χ1) is 13.7. The normalized spacial score (nSPS) is 11.0. The van der Waals surface area contributed by atoms with Crippen LogP contribution in [0.3, 0.4) is 0 Å². The largest absolute Gasteiger partial charge is 0.491 e. The summed E-state index contributed by atoms with van der Waals surface area (Å²) in [5.74, 6) is 1.63. The molecule has 0 spiro atoms. The third kappa shape index (κ3) is 3.58. The van der Waals surface area contributed by atoms with E-state index in [2.05, 4.69) is 59.6 Å². The van der Waals surface area contributed by atoms with E-state index in [1.54, 1.807) is 17.7 Å². The number of hydrogen-bond acceptors (Lipinski definition) is 5. The zero-order valence-electron chi connectivity index (χ0n) is 16.3. The van der Waals surface area contributed by atoms with E-state index in [9.17, 15) is 0 Å². The Morgan fingerprint density at radius 3 is 2.71 bits per heavy atom. The van der Waals surface area contributed by atoms with Crippen LogP contribution in [0.25, 0.3) is 21.3 Å². The van der Waals surface area contributed by atoms with Crippen molar-refractivity contribution < 1.29 is 4.74 Å². The highest BCUT2D eigenvalue weighted by Crippen LogP contribution is 2.39. The van der Waals surface area contributed by atoms with Crippen LogP contribution >= 0.6 is 11.3 Å². The van der Waals surface area contributed by atoms with Crippen LogP contribution in [0.5, 0.6) is 5.75 Å². The zero-order chi connectivity index (χ0) is 19.5. The minimum Gasteiger partial charge on any atom is -0.491 e. The number of ether oxygens (including phenoxy) is 1. The van der Waals surface area contributed by atoms with E-state index in [-0.39, 0.29) is 0 Å². The summed E-state index contributed by atoms with van der Waals surface area (Å²) < 4.78 is 5.89. The van der Waals surface area contributed by atoms with Gasteiger partial charge in [0.15, 0.2) is 0 Å². The van der Waals surface area contributed by atoms with E-state index in [1.165, 1.54) is 16.7 Å². The lowest BCUT2D eigenvalue weighted by Crippen LogP contribution is -2.01. The van der Waals surface area contributed by atoms with Crippen molar-refractivity contribution in [3.05, 3.63) is 65.3 Å². The van der Waals surface area contributed by atoms with Crippen LogP contribution in [0.2, 0.25) is 0 Å². The maximum atomic E-state index is 5.89. The quantitative estimate of drug-likeness (QED) is 0.408. The smallest absolute Gasteiger partial charge is 0.143 e. The van der Waals surface area contributed by atoms with Gasteiger partial charge in [-0.05, 0) is 49.1 Å². The van der Waals surface area contributed by atoms with Crippen LogP contribution in [-0.2, 0) is 0 Å². The maximum Gasteiger partial charge on any atom is 0.143 e. The number of fused-ring (bicyclic) bond motifs is 1. The summed E-state index contributed by atoms with van der Waals surface area (Å²) in [6.07, 6.45) is 2.58. The monoisotopic (exact) mass is 389 g/mol. The number of thiophene rings is 1. The van der Waals surface area contributed by atoms with Crippen LogP contribution < -0.4 is 10.1 Å². The number of hydrogen-bond donors (Lipinski definition) is 1. The predicted molar refractivity (Wildman–Crippen MR) is 118 cm³/mol. The standard InChI is InChI=1S/C23H23N3OS/c1-4-11-27-20-8-6-5-7-19(20)26-22-21-18(13-28-23(21)25-14-24-22)17-10-9-15(2)16(3)12-17/h5-10,12-14H,4,11H2,1-3H3,(H,24,25,26). The molecule has 4 rings (SSSR count). The average molecular weight is 390 g/mol. The van der Waals surface area contributed by atoms with Crippen LogP contribution in [-0.4, -0.2) is 16.6 Å². The Bertz CT molecular complexity index is 1120. The van der Waals surface area contributed by atoms with E-state index < -0.39 is 0 Å². The number of benzene rings is 2. The Morgan fingerprint density at radius 1 is 1.04 bits per heavy atom. The lowest BCUT2D eigenvalue weighted by Gasteiger charge is -2.13. The maximum absolute atomic E-state index is 5.89. The Hall–Kier alpha value is -2.92. The number of aryl methyl sites for hydroxylation is 2. The number of rotatable bonds is 6. The minimum atomic E-state index is 0.685. The third-order valence-corrected chi connectivity index (χ3v) is 5.68. The van der Waals surface area contributed by atoms with Gasteiger partial charge in [-0.25, -0.2) is 9.97 Å². The molecule has 0 amide bonds. The van der Waals surface area contributed by atoms with Crippen molar-refractivity contribution in [3.63, 3.8) is 0 Å². The lowest BCUT2D eigenvalue weighted by molar-refractivity contribution is 0.319. The van der Waals surface area contributed by atoms with Gasteiger partial charge in [0.2, 0.25) is 0 Å². The molecule has 0 aliphatic carbocycles. The van der Waals surface area contributed by atoms with Crippen LogP contribution in [0.4, 0.5) is 11.5 Å². The fourth-order valence-corrected chi connectivity index (χ4v) is 4.04. The van der Waals surface area contributed by atoms with Gasteiger partial charge in [0.1, 0.15) is 22.7 Å². The van der Waals surface area contributed by atoms with Gasteiger partial charge in [0.25, 0.3) is 0 Å². The third-order valence-electron chi connectivity index (χ3n) is 4.79. The summed E-state index contributed by atoms with van der Waals surface area (Å²) >= 11 is 1.64. The number of nitrogens with one attached hydrogen (secondary N) is 1. The predicted octanol–water partition coefficient (Wildman–Crippen LogP) is 6.51. The van der Waals surface area contributed by atoms with Crippen molar-refractivity contribution in [2.45, 2.75) is 27.2 Å². The molecule has 1 N–H and O–H groups in total. The SMILES string of the molecule is CCCOc1ccccc1Nc1ncnc2scc(-c3ccc(C)c(C)c3)c12. The molecule has 2 aromatic carbocycles. The van der Waals surface area contributed by atoms with Crippen molar-refractivity contribution in [2.75, 3.05) is 11.9 Å². The van der Waals surface area contributed by atoms with Gasteiger partial charge in [-0.15, -0.1) is 11.3 Å². The molecular weight excluding hydrogens is 366 g/mol. The van der Waals surface area contributed by atoms with E-state index in [4.69, 9.17) is 4.74 Å². The Balaban J connectivity index is 1.79. The average Bonchev–Trinajstić information content (AvgIpc) is 3.15. The molecule has 0 bridgehead atoms. The Labute approximate surface area is 169 Å². The summed E-state index contributed by atoms with van der Waals surface area (Å²) in [7, 11) is 0. The Morgan fingerprint density at radius 2 is 1.89 bits per heavy atom. The molecule has 2 aromatic heterocycles. The molecule has 0 unspecified atom stereocenters. The van der Waals surface area contributed by atoms with Gasteiger partial charge in [-0.1, -0.05) is 37.3 Å². The van der Waals surface area contributed by atoms with Crippen molar-refractivity contribution in [1.29, 1.82) is 0 Å². The summed E-state index contributed by atoms with van der Waals surface area (Å²) in [5, 5.41) is 6.68. The van der Waals surface area contributed by atoms with Gasteiger partial charge in [-0.2, -0.15) is 0 Å². The van der Waals surface area contributed by atoms with Crippen molar-refractivity contribution in [3.8, 4) is 16.9 Å². The topological polar surface area (TPSA) is 47.0 Å². The fourth-order valence-electron chi connectivity index (χ4n) is 3.13. The molecule has 2 heterocycles. The number of anilines is 2. The highest BCUT2D eigenvalue weighted by molar-refractivity contribution is 7.17. The summed E-state index contributed by atoms with van der Waals surface area (Å²) in [5.41, 5.74) is 5.82. The first-order valence-corrected chi connectivity index (χ1v) is 10.3. The molecule has 0 saturated carbocycles. The van der Waals surface area contributed by atoms with Crippen molar-refractivity contribution >= 4 is 33.1 Å².